The van der Waals surface area contributed by atoms with Gasteiger partial charge < -0.3 is 10.1 Å². The average molecular weight is 358 g/mol. The average Bonchev–Trinajstić information content (AvgIpc) is 2.97. The van der Waals surface area contributed by atoms with Gasteiger partial charge in [-0.05, 0) is 49.3 Å². The Morgan fingerprint density at radius 3 is 2.84 bits per heavy atom. The SMILES string of the molecule is CCCOC(=O)c1c(NC(=O)c2ccncc2)sc2c1CC[C@@H](C)C2. The van der Waals surface area contributed by atoms with Crippen LogP contribution >= 0.6 is 11.3 Å². The number of fused-ring (bicyclic) bond motifs is 1. The molecule has 0 saturated heterocycles. The minimum Gasteiger partial charge on any atom is -0.462 e. The van der Waals surface area contributed by atoms with E-state index in [-0.39, 0.29) is 11.9 Å². The van der Waals surface area contributed by atoms with Crippen LogP contribution in [0.25, 0.3) is 0 Å². The molecule has 1 aliphatic rings. The number of ether oxygens (including phenoxy) is 1. The van der Waals surface area contributed by atoms with Gasteiger partial charge >= 0.3 is 5.97 Å². The molecule has 0 aromatic carbocycles. The Labute approximate surface area is 151 Å². The summed E-state index contributed by atoms with van der Waals surface area (Å²) in [5, 5.41) is 3.51. The van der Waals surface area contributed by atoms with Crippen LogP contribution in [0, 0.1) is 5.92 Å². The van der Waals surface area contributed by atoms with Gasteiger partial charge in [-0.3, -0.25) is 9.78 Å². The quantitative estimate of drug-likeness (QED) is 0.818. The van der Waals surface area contributed by atoms with E-state index < -0.39 is 0 Å². The predicted molar refractivity (Wildman–Crippen MR) is 98.3 cm³/mol. The number of esters is 1. The summed E-state index contributed by atoms with van der Waals surface area (Å²) in [4.78, 5) is 30.2. The number of amides is 1. The lowest BCUT2D eigenvalue weighted by molar-refractivity contribution is 0.0505. The minimum atomic E-state index is -0.334. The second-order valence-electron chi connectivity index (χ2n) is 6.38. The lowest BCUT2D eigenvalue weighted by atomic mass is 9.88. The van der Waals surface area contributed by atoms with Crippen LogP contribution in [0.1, 0.15) is 57.8 Å². The van der Waals surface area contributed by atoms with Gasteiger partial charge in [0.25, 0.3) is 5.91 Å². The third kappa shape index (κ3) is 3.90. The molecule has 1 amide bonds. The van der Waals surface area contributed by atoms with Crippen molar-refractivity contribution in [2.45, 2.75) is 39.5 Å². The van der Waals surface area contributed by atoms with E-state index >= 15 is 0 Å². The molecule has 0 fully saturated rings. The number of hydrogen-bond donors (Lipinski definition) is 1. The van der Waals surface area contributed by atoms with Crippen LogP contribution in [0.15, 0.2) is 24.5 Å². The first-order valence-corrected chi connectivity index (χ1v) is 9.44. The monoisotopic (exact) mass is 358 g/mol. The molecule has 25 heavy (non-hydrogen) atoms. The van der Waals surface area contributed by atoms with Crippen LogP contribution in [0.3, 0.4) is 0 Å². The van der Waals surface area contributed by atoms with E-state index in [9.17, 15) is 9.59 Å². The Morgan fingerprint density at radius 2 is 2.12 bits per heavy atom. The van der Waals surface area contributed by atoms with Crippen molar-refractivity contribution < 1.29 is 14.3 Å². The van der Waals surface area contributed by atoms with Crippen LogP contribution in [0.5, 0.6) is 0 Å². The highest BCUT2D eigenvalue weighted by atomic mass is 32.1. The van der Waals surface area contributed by atoms with E-state index in [0.717, 1.165) is 31.2 Å². The minimum absolute atomic E-state index is 0.237. The number of anilines is 1. The van der Waals surface area contributed by atoms with E-state index in [1.165, 1.54) is 16.2 Å². The van der Waals surface area contributed by atoms with Gasteiger partial charge in [0.1, 0.15) is 5.00 Å². The first-order chi connectivity index (χ1) is 12.1. The summed E-state index contributed by atoms with van der Waals surface area (Å²) in [6.07, 6.45) is 6.77. The molecule has 6 heteroatoms. The third-order valence-electron chi connectivity index (χ3n) is 4.32. The lowest BCUT2D eigenvalue weighted by Gasteiger charge is -2.18. The fraction of sp³-hybridized carbons (Fsp3) is 0.421. The molecule has 2 aromatic heterocycles. The van der Waals surface area contributed by atoms with Gasteiger partial charge in [-0.25, -0.2) is 4.79 Å². The number of pyridine rings is 1. The van der Waals surface area contributed by atoms with Crippen molar-refractivity contribution in [1.29, 1.82) is 0 Å². The number of carbonyl (C=O) groups excluding carboxylic acids is 2. The van der Waals surface area contributed by atoms with Crippen molar-refractivity contribution in [3.63, 3.8) is 0 Å². The summed E-state index contributed by atoms with van der Waals surface area (Å²) in [5.74, 6) is 0.0203. The van der Waals surface area contributed by atoms with Gasteiger partial charge in [-0.2, -0.15) is 0 Å². The van der Waals surface area contributed by atoms with Gasteiger partial charge in [-0.1, -0.05) is 13.8 Å². The lowest BCUT2D eigenvalue weighted by Crippen LogP contribution is -2.17. The number of rotatable bonds is 5. The van der Waals surface area contributed by atoms with E-state index in [4.69, 9.17) is 4.74 Å². The molecule has 0 radical (unpaired) electrons. The van der Waals surface area contributed by atoms with Crippen molar-refractivity contribution in [3.05, 3.63) is 46.1 Å². The maximum Gasteiger partial charge on any atom is 0.341 e. The molecule has 132 valence electrons. The smallest absolute Gasteiger partial charge is 0.341 e. The number of hydrogen-bond acceptors (Lipinski definition) is 5. The molecule has 1 N–H and O–H groups in total. The summed E-state index contributed by atoms with van der Waals surface area (Å²) >= 11 is 1.50. The van der Waals surface area contributed by atoms with Crippen LogP contribution in [-0.4, -0.2) is 23.5 Å². The van der Waals surface area contributed by atoms with Crippen molar-refractivity contribution in [3.8, 4) is 0 Å². The molecule has 0 unspecified atom stereocenters. The molecule has 5 nitrogen and oxygen atoms in total. The molecular weight excluding hydrogens is 336 g/mol. The first kappa shape index (κ1) is 17.6. The van der Waals surface area contributed by atoms with Gasteiger partial charge in [0, 0.05) is 22.8 Å². The second-order valence-corrected chi connectivity index (χ2v) is 7.49. The maximum absolute atomic E-state index is 12.6. The zero-order chi connectivity index (χ0) is 17.8. The highest BCUT2D eigenvalue weighted by molar-refractivity contribution is 7.17. The molecule has 0 aliphatic heterocycles. The normalized spacial score (nSPS) is 16.2. The van der Waals surface area contributed by atoms with E-state index in [1.54, 1.807) is 24.5 Å². The Hall–Kier alpha value is -2.21. The summed E-state index contributed by atoms with van der Waals surface area (Å²) in [7, 11) is 0. The summed E-state index contributed by atoms with van der Waals surface area (Å²) in [6, 6.07) is 3.31. The van der Waals surface area contributed by atoms with Crippen LogP contribution in [0.4, 0.5) is 5.00 Å². The van der Waals surface area contributed by atoms with Crippen molar-refractivity contribution in [1.82, 2.24) is 4.98 Å². The predicted octanol–water partition coefficient (Wildman–Crippen LogP) is 4.09. The van der Waals surface area contributed by atoms with Crippen LogP contribution in [-0.2, 0) is 17.6 Å². The molecule has 0 saturated carbocycles. The van der Waals surface area contributed by atoms with E-state index in [2.05, 4.69) is 17.2 Å². The third-order valence-corrected chi connectivity index (χ3v) is 5.49. The number of nitrogens with zero attached hydrogens (tertiary/aromatic N) is 1. The number of nitrogens with one attached hydrogen (secondary N) is 1. The van der Waals surface area contributed by atoms with E-state index in [0.29, 0.717) is 28.7 Å². The van der Waals surface area contributed by atoms with Crippen molar-refractivity contribution >= 4 is 28.2 Å². The van der Waals surface area contributed by atoms with Crippen LogP contribution in [0.2, 0.25) is 0 Å². The molecule has 2 heterocycles. The largest absolute Gasteiger partial charge is 0.462 e. The van der Waals surface area contributed by atoms with Gasteiger partial charge in [0.2, 0.25) is 0 Å². The maximum atomic E-state index is 12.6. The topological polar surface area (TPSA) is 68.3 Å². The standard InChI is InChI=1S/C19H22N2O3S/c1-3-10-24-19(23)16-14-5-4-12(2)11-15(14)25-18(16)21-17(22)13-6-8-20-9-7-13/h6-9,12H,3-5,10-11H2,1-2H3,(H,21,22)/t12-/m1/s1. The van der Waals surface area contributed by atoms with E-state index in [1.807, 2.05) is 6.92 Å². The fourth-order valence-corrected chi connectivity index (χ4v) is 4.39. The Kier molecular flexibility index (Phi) is 5.48. The second kappa shape index (κ2) is 7.78. The van der Waals surface area contributed by atoms with Crippen molar-refractivity contribution in [2.75, 3.05) is 11.9 Å². The highest BCUT2D eigenvalue weighted by Gasteiger charge is 2.29. The fourth-order valence-electron chi connectivity index (χ4n) is 3.00. The van der Waals surface area contributed by atoms with Crippen molar-refractivity contribution in [2.24, 2.45) is 5.92 Å². The zero-order valence-corrected chi connectivity index (χ0v) is 15.3. The van der Waals surface area contributed by atoms with Crippen LogP contribution < -0.4 is 5.32 Å². The molecule has 3 rings (SSSR count). The molecule has 2 aromatic rings. The number of carbonyl (C=O) groups is 2. The summed E-state index contributed by atoms with van der Waals surface area (Å²) in [5.41, 5.74) is 2.11. The van der Waals surface area contributed by atoms with Gasteiger partial charge in [-0.15, -0.1) is 11.3 Å². The van der Waals surface area contributed by atoms with Gasteiger partial charge in [0.05, 0.1) is 12.2 Å². The Morgan fingerprint density at radius 1 is 1.36 bits per heavy atom. The Balaban J connectivity index is 1.92. The molecule has 0 spiro atoms. The van der Waals surface area contributed by atoms with Gasteiger partial charge in [0.15, 0.2) is 0 Å². The first-order valence-electron chi connectivity index (χ1n) is 8.63. The molecular formula is C19H22N2O3S. The summed E-state index contributed by atoms with van der Waals surface area (Å²) in [6.45, 7) is 4.56. The zero-order valence-electron chi connectivity index (χ0n) is 14.5. The Bertz CT molecular complexity index is 770. The number of thiophene rings is 1. The number of aromatic nitrogens is 1. The highest BCUT2D eigenvalue weighted by Crippen LogP contribution is 2.40. The molecule has 1 aliphatic carbocycles. The molecule has 1 atom stereocenters. The molecule has 0 bridgehead atoms. The summed E-state index contributed by atoms with van der Waals surface area (Å²) < 4.78 is 5.36.